The summed E-state index contributed by atoms with van der Waals surface area (Å²) in [6.45, 7) is 2.74. The number of nitrogen functional groups attached to an aromatic ring is 1. The van der Waals surface area contributed by atoms with E-state index >= 15 is 0 Å². The third-order valence-electron chi connectivity index (χ3n) is 3.63. The number of hydrogen-bond donors (Lipinski definition) is 2. The van der Waals surface area contributed by atoms with Crippen molar-refractivity contribution in [2.24, 2.45) is 5.92 Å². The average Bonchev–Trinajstić information content (AvgIpc) is 2.79. The lowest BCUT2D eigenvalue weighted by Crippen LogP contribution is -2.42. The molecule has 5 nitrogen and oxygen atoms in total. The van der Waals surface area contributed by atoms with Crippen molar-refractivity contribution in [1.29, 1.82) is 0 Å². The molecule has 5 heteroatoms. The van der Waals surface area contributed by atoms with Crippen molar-refractivity contribution in [2.75, 3.05) is 25.5 Å². The summed E-state index contributed by atoms with van der Waals surface area (Å²) < 4.78 is 5.43. The van der Waals surface area contributed by atoms with Crippen LogP contribution in [0.5, 0.6) is 5.75 Å². The molecule has 2 rings (SSSR count). The number of hydrogen-bond acceptors (Lipinski definition) is 4. The fraction of sp³-hybridized carbons (Fsp3) is 0.500. The normalized spacial score (nSPS) is 22.5. The molecule has 3 N–H and O–H groups in total. The molecule has 1 heterocycles. The number of carbonyl (C=O) groups excluding carboxylic acids is 1. The van der Waals surface area contributed by atoms with Gasteiger partial charge in [0, 0.05) is 12.2 Å². The molecule has 1 aliphatic heterocycles. The number of amides is 1. The van der Waals surface area contributed by atoms with E-state index < -0.39 is 0 Å². The van der Waals surface area contributed by atoms with Crippen molar-refractivity contribution in [3.63, 3.8) is 0 Å². The molecule has 1 aromatic carbocycles. The Labute approximate surface area is 113 Å². The molecule has 1 saturated heterocycles. The lowest BCUT2D eigenvalue weighted by atomic mass is 10.0. The van der Waals surface area contributed by atoms with E-state index in [1.165, 1.54) is 0 Å². The zero-order valence-corrected chi connectivity index (χ0v) is 11.1. The lowest BCUT2D eigenvalue weighted by molar-refractivity contribution is -0.135. The highest BCUT2D eigenvalue weighted by atomic mass is 16.5. The van der Waals surface area contributed by atoms with E-state index in [-0.39, 0.29) is 25.2 Å². The minimum Gasteiger partial charge on any atom is -0.484 e. The SMILES string of the molecule is CC1CCN(C(=O)COc2ccc(N)cc2)C1CO. The smallest absolute Gasteiger partial charge is 0.260 e. The molecule has 1 fully saturated rings. The second-order valence-electron chi connectivity index (χ2n) is 4.96. The quantitative estimate of drug-likeness (QED) is 0.791. The Balaban J connectivity index is 1.89. The molecule has 2 atom stereocenters. The molecular weight excluding hydrogens is 244 g/mol. The minimum absolute atomic E-state index is 0.00681. The second kappa shape index (κ2) is 5.93. The van der Waals surface area contributed by atoms with E-state index in [0.717, 1.165) is 6.42 Å². The molecule has 19 heavy (non-hydrogen) atoms. The fourth-order valence-electron chi connectivity index (χ4n) is 2.39. The Morgan fingerprint density at radius 3 is 2.79 bits per heavy atom. The Morgan fingerprint density at radius 1 is 1.47 bits per heavy atom. The van der Waals surface area contributed by atoms with Crippen LogP contribution in [0.2, 0.25) is 0 Å². The van der Waals surface area contributed by atoms with Crippen molar-refractivity contribution < 1.29 is 14.6 Å². The number of anilines is 1. The van der Waals surface area contributed by atoms with E-state index in [1.54, 1.807) is 29.2 Å². The number of likely N-dealkylation sites (tertiary alicyclic amines) is 1. The third kappa shape index (κ3) is 3.17. The summed E-state index contributed by atoms with van der Waals surface area (Å²) in [5, 5.41) is 9.32. The monoisotopic (exact) mass is 264 g/mol. The Hall–Kier alpha value is -1.75. The summed E-state index contributed by atoms with van der Waals surface area (Å²) in [6.07, 6.45) is 0.929. The summed E-state index contributed by atoms with van der Waals surface area (Å²) in [4.78, 5) is 13.8. The summed E-state index contributed by atoms with van der Waals surface area (Å²) in [5.74, 6) is 0.876. The largest absolute Gasteiger partial charge is 0.484 e. The Bertz CT molecular complexity index is 433. The van der Waals surface area contributed by atoms with Crippen LogP contribution in [0.3, 0.4) is 0 Å². The van der Waals surface area contributed by atoms with E-state index in [4.69, 9.17) is 10.5 Å². The zero-order valence-electron chi connectivity index (χ0n) is 11.1. The minimum atomic E-state index is -0.0831. The van der Waals surface area contributed by atoms with Crippen LogP contribution in [0, 0.1) is 5.92 Å². The van der Waals surface area contributed by atoms with Gasteiger partial charge in [-0.1, -0.05) is 6.92 Å². The van der Waals surface area contributed by atoms with Crippen LogP contribution in [0.1, 0.15) is 13.3 Å². The highest BCUT2D eigenvalue weighted by Crippen LogP contribution is 2.23. The molecule has 0 spiro atoms. The summed E-state index contributed by atoms with van der Waals surface area (Å²) in [5.41, 5.74) is 6.23. The Kier molecular flexibility index (Phi) is 4.27. The third-order valence-corrected chi connectivity index (χ3v) is 3.63. The second-order valence-corrected chi connectivity index (χ2v) is 4.96. The van der Waals surface area contributed by atoms with E-state index in [2.05, 4.69) is 6.92 Å². The first-order chi connectivity index (χ1) is 9.11. The van der Waals surface area contributed by atoms with Gasteiger partial charge in [0.05, 0.1) is 12.6 Å². The van der Waals surface area contributed by atoms with E-state index in [1.807, 2.05) is 0 Å². The van der Waals surface area contributed by atoms with Crippen molar-refractivity contribution in [2.45, 2.75) is 19.4 Å². The number of benzene rings is 1. The van der Waals surface area contributed by atoms with Crippen molar-refractivity contribution >= 4 is 11.6 Å². The number of nitrogens with zero attached hydrogens (tertiary/aromatic N) is 1. The number of aliphatic hydroxyl groups is 1. The molecule has 0 aliphatic carbocycles. The van der Waals surface area contributed by atoms with Gasteiger partial charge in [0.25, 0.3) is 5.91 Å². The van der Waals surface area contributed by atoms with Gasteiger partial charge in [0.2, 0.25) is 0 Å². The van der Waals surface area contributed by atoms with Crippen LogP contribution in [-0.4, -0.2) is 41.7 Å². The number of rotatable bonds is 4. The molecule has 0 radical (unpaired) electrons. The van der Waals surface area contributed by atoms with Gasteiger partial charge >= 0.3 is 0 Å². The molecule has 1 amide bonds. The maximum Gasteiger partial charge on any atom is 0.260 e. The summed E-state index contributed by atoms with van der Waals surface area (Å²) in [7, 11) is 0. The van der Waals surface area contributed by atoms with Crippen molar-refractivity contribution in [1.82, 2.24) is 4.90 Å². The first kappa shape index (κ1) is 13.7. The zero-order chi connectivity index (χ0) is 13.8. The van der Waals surface area contributed by atoms with Crippen molar-refractivity contribution in [3.05, 3.63) is 24.3 Å². The van der Waals surface area contributed by atoms with Gasteiger partial charge in [0.15, 0.2) is 6.61 Å². The summed E-state index contributed by atoms with van der Waals surface area (Å²) >= 11 is 0. The first-order valence-corrected chi connectivity index (χ1v) is 6.50. The molecule has 0 bridgehead atoms. The van der Waals surface area contributed by atoms with E-state index in [0.29, 0.717) is 23.9 Å². The maximum absolute atomic E-state index is 12.1. The highest BCUT2D eigenvalue weighted by Gasteiger charge is 2.33. The van der Waals surface area contributed by atoms with Crippen molar-refractivity contribution in [3.8, 4) is 5.75 Å². The number of nitrogens with two attached hydrogens (primary N) is 1. The van der Waals surface area contributed by atoms with Crippen LogP contribution in [0.4, 0.5) is 5.69 Å². The van der Waals surface area contributed by atoms with Gasteiger partial charge in [-0.05, 0) is 36.6 Å². The van der Waals surface area contributed by atoms with Crippen LogP contribution >= 0.6 is 0 Å². The van der Waals surface area contributed by atoms with Crippen LogP contribution in [0.25, 0.3) is 0 Å². The van der Waals surface area contributed by atoms with Gasteiger partial charge < -0.3 is 20.5 Å². The molecule has 1 aromatic rings. The van der Waals surface area contributed by atoms with Crippen LogP contribution in [-0.2, 0) is 4.79 Å². The number of ether oxygens (including phenoxy) is 1. The number of carbonyl (C=O) groups is 1. The predicted molar refractivity (Wildman–Crippen MR) is 72.7 cm³/mol. The van der Waals surface area contributed by atoms with Crippen LogP contribution in [0.15, 0.2) is 24.3 Å². The summed E-state index contributed by atoms with van der Waals surface area (Å²) in [6, 6.07) is 6.85. The average molecular weight is 264 g/mol. The Morgan fingerprint density at radius 2 is 2.16 bits per heavy atom. The first-order valence-electron chi connectivity index (χ1n) is 6.50. The van der Waals surface area contributed by atoms with Crippen LogP contribution < -0.4 is 10.5 Å². The highest BCUT2D eigenvalue weighted by molar-refractivity contribution is 5.78. The molecule has 2 unspecified atom stereocenters. The van der Waals surface area contributed by atoms with Gasteiger partial charge in [-0.2, -0.15) is 0 Å². The van der Waals surface area contributed by atoms with Gasteiger partial charge in [-0.3, -0.25) is 4.79 Å². The fourth-order valence-corrected chi connectivity index (χ4v) is 2.39. The molecule has 0 aromatic heterocycles. The molecule has 1 aliphatic rings. The van der Waals surface area contributed by atoms with Gasteiger partial charge in [-0.15, -0.1) is 0 Å². The molecule has 0 saturated carbocycles. The van der Waals surface area contributed by atoms with Gasteiger partial charge in [-0.25, -0.2) is 0 Å². The molecular formula is C14H20N2O3. The van der Waals surface area contributed by atoms with E-state index in [9.17, 15) is 9.90 Å². The topological polar surface area (TPSA) is 75.8 Å². The van der Waals surface area contributed by atoms with Gasteiger partial charge in [0.1, 0.15) is 5.75 Å². The molecule has 104 valence electrons. The lowest BCUT2D eigenvalue weighted by Gasteiger charge is -2.25. The standard InChI is InChI=1S/C14H20N2O3/c1-10-6-7-16(13(10)8-17)14(18)9-19-12-4-2-11(15)3-5-12/h2-5,10,13,17H,6-9,15H2,1H3. The predicted octanol–water partition coefficient (Wildman–Crippen LogP) is 0.877. The number of aliphatic hydroxyl groups excluding tert-OH is 1. The maximum atomic E-state index is 12.1.